The molecule has 9 heteroatoms. The first-order valence-corrected chi connectivity index (χ1v) is 12.1. The summed E-state index contributed by atoms with van der Waals surface area (Å²) < 4.78 is 47.5. The van der Waals surface area contributed by atoms with E-state index in [0.717, 1.165) is 38.0 Å². The van der Waals surface area contributed by atoms with Crippen LogP contribution in [0.2, 0.25) is 0 Å². The molecule has 1 heterocycles. The Morgan fingerprint density at radius 2 is 1.75 bits per heavy atom. The van der Waals surface area contributed by atoms with Crippen LogP contribution in [-0.4, -0.2) is 40.1 Å². The van der Waals surface area contributed by atoms with Crippen molar-refractivity contribution in [3.05, 3.63) is 47.8 Å². The molecule has 1 amide bonds. The molecule has 0 saturated carbocycles. The quantitative estimate of drug-likeness (QED) is 0.672. The molecule has 3 rings (SSSR count). The summed E-state index contributed by atoms with van der Waals surface area (Å²) in [6, 6.07) is 8.49. The zero-order chi connectivity index (χ0) is 23.5. The summed E-state index contributed by atoms with van der Waals surface area (Å²) in [5.41, 5.74) is 0.501. The lowest BCUT2D eigenvalue weighted by Crippen LogP contribution is -2.40. The number of nitrogens with zero attached hydrogens (tertiary/aromatic N) is 1. The Bertz CT molecular complexity index is 1090. The molecule has 1 saturated heterocycles. The highest BCUT2D eigenvalue weighted by Gasteiger charge is 2.27. The third-order valence-electron chi connectivity index (χ3n) is 5.06. The van der Waals surface area contributed by atoms with Crippen molar-refractivity contribution in [3.8, 4) is 5.75 Å². The zero-order valence-corrected chi connectivity index (χ0v) is 19.7. The molecule has 1 aliphatic heterocycles. The summed E-state index contributed by atoms with van der Waals surface area (Å²) in [7, 11) is -2.58. The van der Waals surface area contributed by atoms with Crippen LogP contribution in [0.15, 0.2) is 41.3 Å². The number of benzene rings is 2. The van der Waals surface area contributed by atoms with Crippen molar-refractivity contribution in [2.45, 2.75) is 50.5 Å². The lowest BCUT2D eigenvalue weighted by molar-refractivity contribution is 0.102. The number of nitrogens with one attached hydrogen (secondary N) is 2. The second kappa shape index (κ2) is 9.46. The van der Waals surface area contributed by atoms with Gasteiger partial charge < -0.3 is 15.0 Å². The van der Waals surface area contributed by atoms with E-state index in [2.05, 4.69) is 14.9 Å². The van der Waals surface area contributed by atoms with E-state index in [0.29, 0.717) is 5.69 Å². The molecule has 2 aromatic rings. The van der Waals surface area contributed by atoms with Crippen molar-refractivity contribution in [2.75, 3.05) is 30.4 Å². The molecule has 0 spiro atoms. The number of hydrogen-bond donors (Lipinski definition) is 2. The number of ether oxygens (including phenoxy) is 1. The van der Waals surface area contributed by atoms with Crippen LogP contribution >= 0.6 is 0 Å². The predicted octanol–water partition coefficient (Wildman–Crippen LogP) is 4.15. The van der Waals surface area contributed by atoms with Gasteiger partial charge in [-0.3, -0.25) is 4.79 Å². The largest absolute Gasteiger partial charge is 0.495 e. The van der Waals surface area contributed by atoms with Gasteiger partial charge in [-0.25, -0.2) is 17.5 Å². The minimum absolute atomic E-state index is 0.119. The molecule has 0 aromatic heterocycles. The lowest BCUT2D eigenvalue weighted by atomic mass is 10.1. The third-order valence-corrected chi connectivity index (χ3v) is 6.84. The van der Waals surface area contributed by atoms with E-state index in [1.807, 2.05) is 0 Å². The molecule has 0 bridgehead atoms. The van der Waals surface area contributed by atoms with Gasteiger partial charge in [-0.15, -0.1) is 0 Å². The lowest BCUT2D eigenvalue weighted by Gasteiger charge is -2.30. The standard InChI is InChI=1S/C23H30FN3O4S/c1-23(2,3)26-32(29,30)21-14-16(8-11-20(21)31-4)22(28)25-18-15-17(24)9-10-19(18)27-12-6-5-7-13-27/h8-11,14-15,26H,5-7,12-13H2,1-4H3,(H,25,28). The van der Waals surface area contributed by atoms with E-state index in [9.17, 15) is 17.6 Å². The smallest absolute Gasteiger partial charge is 0.255 e. The Hall–Kier alpha value is -2.65. The van der Waals surface area contributed by atoms with Crippen LogP contribution in [-0.2, 0) is 10.0 Å². The number of carbonyl (C=O) groups excluding carboxylic acids is 1. The maximum Gasteiger partial charge on any atom is 0.255 e. The van der Waals surface area contributed by atoms with E-state index in [-0.39, 0.29) is 16.2 Å². The number of halogens is 1. The Balaban J connectivity index is 1.93. The van der Waals surface area contributed by atoms with Gasteiger partial charge in [-0.05, 0) is 76.4 Å². The molecule has 2 aromatic carbocycles. The summed E-state index contributed by atoms with van der Waals surface area (Å²) >= 11 is 0. The van der Waals surface area contributed by atoms with E-state index in [1.54, 1.807) is 26.8 Å². The van der Waals surface area contributed by atoms with Gasteiger partial charge in [0.1, 0.15) is 16.5 Å². The van der Waals surface area contributed by atoms with Crippen molar-refractivity contribution >= 4 is 27.3 Å². The molecule has 1 aliphatic rings. The molecule has 0 unspecified atom stereocenters. The molecule has 0 radical (unpaired) electrons. The van der Waals surface area contributed by atoms with Crippen LogP contribution in [0.5, 0.6) is 5.75 Å². The first-order valence-electron chi connectivity index (χ1n) is 10.6. The SMILES string of the molecule is COc1ccc(C(=O)Nc2cc(F)ccc2N2CCCCC2)cc1S(=O)(=O)NC(C)(C)C. The van der Waals surface area contributed by atoms with Gasteiger partial charge in [0.15, 0.2) is 0 Å². The van der Waals surface area contributed by atoms with Crippen molar-refractivity contribution in [3.63, 3.8) is 0 Å². The average molecular weight is 464 g/mol. The molecule has 0 atom stereocenters. The Kier molecular flexibility index (Phi) is 7.09. The summed E-state index contributed by atoms with van der Waals surface area (Å²) in [4.78, 5) is 15.0. The normalized spacial score (nSPS) is 14.8. The number of amides is 1. The van der Waals surface area contributed by atoms with Gasteiger partial charge in [0.25, 0.3) is 5.91 Å². The topological polar surface area (TPSA) is 87.7 Å². The molecule has 7 nitrogen and oxygen atoms in total. The molecule has 0 aliphatic carbocycles. The summed E-state index contributed by atoms with van der Waals surface area (Å²) in [6.07, 6.45) is 3.21. The third kappa shape index (κ3) is 5.77. The van der Waals surface area contributed by atoms with Crippen LogP contribution in [0.25, 0.3) is 0 Å². The second-order valence-corrected chi connectivity index (χ2v) is 10.5. The van der Waals surface area contributed by atoms with Crippen LogP contribution in [0.3, 0.4) is 0 Å². The van der Waals surface area contributed by atoms with Gasteiger partial charge in [0.2, 0.25) is 10.0 Å². The zero-order valence-electron chi connectivity index (χ0n) is 18.9. The molecular weight excluding hydrogens is 433 g/mol. The van der Waals surface area contributed by atoms with Gasteiger partial charge >= 0.3 is 0 Å². The van der Waals surface area contributed by atoms with Gasteiger partial charge in [0.05, 0.1) is 18.5 Å². The van der Waals surface area contributed by atoms with Gasteiger partial charge in [0, 0.05) is 24.2 Å². The molecule has 174 valence electrons. The number of piperidine rings is 1. The van der Waals surface area contributed by atoms with Gasteiger partial charge in [-0.2, -0.15) is 0 Å². The predicted molar refractivity (Wildman–Crippen MR) is 123 cm³/mol. The molecular formula is C23H30FN3O4S. The van der Waals surface area contributed by atoms with Crippen molar-refractivity contribution < 1.29 is 22.3 Å². The monoisotopic (exact) mass is 463 g/mol. The highest BCUT2D eigenvalue weighted by Crippen LogP contribution is 2.31. The maximum atomic E-state index is 14.0. The second-order valence-electron chi connectivity index (χ2n) is 8.88. The first-order chi connectivity index (χ1) is 15.0. The molecule has 1 fully saturated rings. The van der Waals surface area contributed by atoms with Crippen LogP contribution in [0, 0.1) is 5.82 Å². The van der Waals surface area contributed by atoms with E-state index in [1.165, 1.54) is 37.4 Å². The minimum Gasteiger partial charge on any atom is -0.495 e. The maximum absolute atomic E-state index is 14.0. The average Bonchev–Trinajstić information content (AvgIpc) is 2.72. The number of anilines is 2. The number of rotatable bonds is 6. The fourth-order valence-corrected chi connectivity index (χ4v) is 5.31. The number of carbonyl (C=O) groups is 1. The van der Waals surface area contributed by atoms with E-state index < -0.39 is 27.3 Å². The highest BCUT2D eigenvalue weighted by atomic mass is 32.2. The number of sulfonamides is 1. The van der Waals surface area contributed by atoms with Crippen LogP contribution < -0.4 is 19.7 Å². The first kappa shape index (κ1) is 24.0. The summed E-state index contributed by atoms with van der Waals surface area (Å²) in [5, 5.41) is 2.75. The van der Waals surface area contributed by atoms with Crippen LogP contribution in [0.4, 0.5) is 15.8 Å². The van der Waals surface area contributed by atoms with Crippen molar-refractivity contribution in [1.82, 2.24) is 4.72 Å². The fraction of sp³-hybridized carbons (Fsp3) is 0.435. The number of methoxy groups -OCH3 is 1. The highest BCUT2D eigenvalue weighted by molar-refractivity contribution is 7.89. The van der Waals surface area contributed by atoms with Crippen molar-refractivity contribution in [2.24, 2.45) is 0 Å². The Morgan fingerprint density at radius 1 is 1.06 bits per heavy atom. The Labute approximate surface area is 189 Å². The molecule has 32 heavy (non-hydrogen) atoms. The van der Waals surface area contributed by atoms with Gasteiger partial charge in [-0.1, -0.05) is 0 Å². The van der Waals surface area contributed by atoms with E-state index >= 15 is 0 Å². The van der Waals surface area contributed by atoms with E-state index in [4.69, 9.17) is 4.74 Å². The van der Waals surface area contributed by atoms with Crippen LogP contribution in [0.1, 0.15) is 50.4 Å². The molecule has 2 N–H and O–H groups in total. The summed E-state index contributed by atoms with van der Waals surface area (Å²) in [5.74, 6) is -0.879. The van der Waals surface area contributed by atoms with Crippen molar-refractivity contribution in [1.29, 1.82) is 0 Å². The minimum atomic E-state index is -3.94. The fourth-order valence-electron chi connectivity index (χ4n) is 3.70. The Morgan fingerprint density at radius 3 is 2.38 bits per heavy atom. The summed E-state index contributed by atoms with van der Waals surface area (Å²) in [6.45, 7) is 6.83. The number of hydrogen-bond acceptors (Lipinski definition) is 5.